The van der Waals surface area contributed by atoms with Crippen LogP contribution in [0.1, 0.15) is 31.5 Å². The lowest BCUT2D eigenvalue weighted by Crippen LogP contribution is -2.36. The quantitative estimate of drug-likeness (QED) is 0.852. The van der Waals surface area contributed by atoms with Crippen LogP contribution < -0.4 is 5.56 Å². The van der Waals surface area contributed by atoms with E-state index in [4.69, 9.17) is 0 Å². The third kappa shape index (κ3) is 3.07. The molecule has 1 atom stereocenters. The topological polar surface area (TPSA) is 75.2 Å². The van der Waals surface area contributed by atoms with Gasteiger partial charge in [0.25, 0.3) is 16.7 Å². The van der Waals surface area contributed by atoms with Crippen LogP contribution in [0.3, 0.4) is 0 Å². The normalized spacial score (nSPS) is 17.6. The van der Waals surface area contributed by atoms with Crippen molar-refractivity contribution in [2.75, 3.05) is 0 Å². The van der Waals surface area contributed by atoms with Crippen molar-refractivity contribution in [1.82, 2.24) is 14.7 Å². The molecule has 0 spiro atoms. The first-order valence-electron chi connectivity index (χ1n) is 8.08. The van der Waals surface area contributed by atoms with Crippen molar-refractivity contribution < 1.29 is 9.59 Å². The maximum atomic E-state index is 12.7. The molecule has 2 amide bonds. The Morgan fingerprint density at radius 2 is 1.88 bits per heavy atom. The number of thioether (sulfide) groups is 1. The summed E-state index contributed by atoms with van der Waals surface area (Å²) in [6, 6.07) is 9.03. The zero-order valence-electron chi connectivity index (χ0n) is 14.3. The summed E-state index contributed by atoms with van der Waals surface area (Å²) in [7, 11) is 0. The van der Waals surface area contributed by atoms with Crippen LogP contribution in [0.4, 0.5) is 4.79 Å². The molecular weight excluding hydrogens is 338 g/mol. The zero-order valence-corrected chi connectivity index (χ0v) is 15.1. The number of para-hydroxylation sites is 1. The molecule has 25 heavy (non-hydrogen) atoms. The van der Waals surface area contributed by atoms with Gasteiger partial charge in [-0.05, 0) is 50.2 Å². The van der Waals surface area contributed by atoms with Gasteiger partial charge in [0.15, 0.2) is 0 Å². The van der Waals surface area contributed by atoms with Crippen molar-refractivity contribution in [3.8, 4) is 5.69 Å². The van der Waals surface area contributed by atoms with Gasteiger partial charge in [-0.2, -0.15) is 0 Å². The highest BCUT2D eigenvalue weighted by Gasteiger charge is 2.37. The number of amides is 2. The Labute approximate surface area is 149 Å². The van der Waals surface area contributed by atoms with Crippen LogP contribution in [0.2, 0.25) is 0 Å². The Balaban J connectivity index is 2.01. The Morgan fingerprint density at radius 1 is 1.20 bits per heavy atom. The van der Waals surface area contributed by atoms with Gasteiger partial charge in [-0.25, -0.2) is 4.68 Å². The number of H-pyrrole nitrogens is 1. The smallest absolute Gasteiger partial charge is 0.293 e. The van der Waals surface area contributed by atoms with Crippen LogP contribution >= 0.6 is 11.8 Å². The van der Waals surface area contributed by atoms with Gasteiger partial charge < -0.3 is 0 Å². The number of nitrogens with one attached hydrogen (secondary N) is 1. The number of carbonyl (C=O) groups excluding carboxylic acids is 2. The minimum atomic E-state index is -0.337. The van der Waals surface area contributed by atoms with E-state index < -0.39 is 0 Å². The summed E-state index contributed by atoms with van der Waals surface area (Å²) in [6.07, 6.45) is 2.20. The average Bonchev–Trinajstić information content (AvgIpc) is 3.05. The summed E-state index contributed by atoms with van der Waals surface area (Å²) in [5, 5.41) is 2.73. The SMILES string of the molecule is CC[C@H](C)N1C(=O)S/C(=C/c2c(C)[nH]n(-c3ccccc3)c2=O)C1=O. The summed E-state index contributed by atoms with van der Waals surface area (Å²) < 4.78 is 1.43. The second-order valence-electron chi connectivity index (χ2n) is 5.94. The van der Waals surface area contributed by atoms with E-state index in [-0.39, 0.29) is 27.7 Å². The number of imide groups is 1. The van der Waals surface area contributed by atoms with Crippen LogP contribution in [-0.2, 0) is 4.79 Å². The third-order valence-corrected chi connectivity index (χ3v) is 5.15. The molecule has 2 heterocycles. The number of hydrogen-bond donors (Lipinski definition) is 1. The standard InChI is InChI=1S/C18H19N3O3S/c1-4-11(2)20-17(23)15(25-18(20)24)10-14-12(3)19-21(16(14)22)13-8-6-5-7-9-13/h5-11,19H,4H2,1-3H3/b15-10+/t11-/m0/s1. The van der Waals surface area contributed by atoms with E-state index in [9.17, 15) is 14.4 Å². The average molecular weight is 357 g/mol. The molecule has 1 saturated heterocycles. The number of carbonyl (C=O) groups is 2. The van der Waals surface area contributed by atoms with Crippen molar-refractivity contribution >= 4 is 29.0 Å². The molecule has 0 saturated carbocycles. The molecule has 3 rings (SSSR count). The minimum Gasteiger partial charge on any atom is -0.295 e. The van der Waals surface area contributed by atoms with Gasteiger partial charge in [-0.3, -0.25) is 24.4 Å². The number of hydrogen-bond acceptors (Lipinski definition) is 4. The van der Waals surface area contributed by atoms with Crippen molar-refractivity contribution in [2.24, 2.45) is 0 Å². The molecule has 1 aromatic carbocycles. The number of aromatic amines is 1. The van der Waals surface area contributed by atoms with Crippen LogP contribution in [0.25, 0.3) is 11.8 Å². The fourth-order valence-electron chi connectivity index (χ4n) is 2.66. The van der Waals surface area contributed by atoms with Crippen LogP contribution in [-0.4, -0.2) is 31.9 Å². The maximum absolute atomic E-state index is 12.7. The number of nitrogens with zero attached hydrogens (tertiary/aromatic N) is 2. The van der Waals surface area contributed by atoms with Crippen LogP contribution in [0.15, 0.2) is 40.0 Å². The van der Waals surface area contributed by atoms with Crippen molar-refractivity contribution in [2.45, 2.75) is 33.2 Å². The molecule has 0 unspecified atom stereocenters. The molecule has 130 valence electrons. The predicted octanol–water partition coefficient (Wildman–Crippen LogP) is 3.31. The van der Waals surface area contributed by atoms with Gasteiger partial charge in [-0.1, -0.05) is 25.1 Å². The number of rotatable bonds is 4. The molecule has 1 fully saturated rings. The van der Waals surface area contributed by atoms with E-state index in [1.54, 1.807) is 6.92 Å². The second-order valence-corrected chi connectivity index (χ2v) is 6.93. The van der Waals surface area contributed by atoms with Gasteiger partial charge in [0.2, 0.25) is 0 Å². The molecule has 6 nitrogen and oxygen atoms in total. The zero-order chi connectivity index (χ0) is 18.1. The summed E-state index contributed by atoms with van der Waals surface area (Å²) in [6.45, 7) is 5.53. The monoisotopic (exact) mass is 357 g/mol. The summed E-state index contributed by atoms with van der Waals surface area (Å²) in [4.78, 5) is 38.9. The second kappa shape index (κ2) is 6.76. The van der Waals surface area contributed by atoms with Gasteiger partial charge >= 0.3 is 0 Å². The van der Waals surface area contributed by atoms with E-state index in [1.165, 1.54) is 15.7 Å². The van der Waals surface area contributed by atoms with E-state index in [0.717, 1.165) is 11.8 Å². The Bertz CT molecular complexity index is 911. The molecule has 0 bridgehead atoms. The lowest BCUT2D eigenvalue weighted by Gasteiger charge is -2.19. The number of aromatic nitrogens is 2. The molecule has 1 aliphatic heterocycles. The summed E-state index contributed by atoms with van der Waals surface area (Å²) >= 11 is 0.879. The minimum absolute atomic E-state index is 0.160. The Hall–Kier alpha value is -2.54. The van der Waals surface area contributed by atoms with Crippen molar-refractivity contribution in [3.63, 3.8) is 0 Å². The molecular formula is C18H19N3O3S. The first-order valence-corrected chi connectivity index (χ1v) is 8.89. The first-order chi connectivity index (χ1) is 11.9. The number of aryl methyl sites for hydroxylation is 1. The largest absolute Gasteiger partial charge is 0.295 e. The lowest BCUT2D eigenvalue weighted by molar-refractivity contribution is -0.124. The fourth-order valence-corrected chi connectivity index (χ4v) is 3.57. The highest BCUT2D eigenvalue weighted by Crippen LogP contribution is 2.34. The van der Waals surface area contributed by atoms with Gasteiger partial charge in [0.1, 0.15) is 0 Å². The van der Waals surface area contributed by atoms with Crippen molar-refractivity contribution in [3.05, 3.63) is 56.8 Å². The fraction of sp³-hybridized carbons (Fsp3) is 0.278. The molecule has 1 N–H and O–H groups in total. The van der Waals surface area contributed by atoms with Gasteiger partial charge in [-0.15, -0.1) is 0 Å². The van der Waals surface area contributed by atoms with E-state index in [1.807, 2.05) is 44.2 Å². The van der Waals surface area contributed by atoms with Crippen LogP contribution in [0.5, 0.6) is 0 Å². The Kier molecular flexibility index (Phi) is 4.67. The Morgan fingerprint density at radius 3 is 2.52 bits per heavy atom. The molecule has 2 aromatic rings. The molecule has 7 heteroatoms. The highest BCUT2D eigenvalue weighted by atomic mass is 32.2. The first kappa shape index (κ1) is 17.3. The lowest BCUT2D eigenvalue weighted by atomic mass is 10.2. The van der Waals surface area contributed by atoms with Crippen molar-refractivity contribution in [1.29, 1.82) is 0 Å². The van der Waals surface area contributed by atoms with Gasteiger partial charge in [0.05, 0.1) is 16.2 Å². The highest BCUT2D eigenvalue weighted by molar-refractivity contribution is 8.18. The van der Waals surface area contributed by atoms with Crippen LogP contribution in [0, 0.1) is 6.92 Å². The molecule has 0 radical (unpaired) electrons. The van der Waals surface area contributed by atoms with E-state index in [2.05, 4.69) is 5.10 Å². The van der Waals surface area contributed by atoms with E-state index in [0.29, 0.717) is 23.4 Å². The molecule has 1 aliphatic rings. The molecule has 0 aliphatic carbocycles. The van der Waals surface area contributed by atoms with Gasteiger partial charge in [0, 0.05) is 11.7 Å². The third-order valence-electron chi connectivity index (χ3n) is 4.26. The number of benzene rings is 1. The predicted molar refractivity (Wildman–Crippen MR) is 98.7 cm³/mol. The summed E-state index contributed by atoms with van der Waals surface area (Å²) in [5.74, 6) is -0.337. The van der Waals surface area contributed by atoms with E-state index >= 15 is 0 Å². The summed E-state index contributed by atoms with van der Waals surface area (Å²) in [5.41, 5.74) is 1.49. The molecule has 1 aromatic heterocycles. The maximum Gasteiger partial charge on any atom is 0.293 e.